The largest absolute Gasteiger partial charge is 0.493 e. The van der Waals surface area contributed by atoms with Crippen molar-refractivity contribution in [3.63, 3.8) is 0 Å². The average molecular weight is 1260 g/mol. The van der Waals surface area contributed by atoms with Crippen LogP contribution in [0.25, 0.3) is 22.3 Å². The molecule has 2 heterocycles. The molecule has 2 atom stereocenters. The molecule has 6 rings (SSSR count). The second kappa shape index (κ2) is 47.9. The smallest absolute Gasteiger partial charge is 0.333 e. The van der Waals surface area contributed by atoms with Crippen molar-refractivity contribution < 1.29 is 62.5 Å². The molecular weight excluding hydrogens is 1140 g/mol. The number of carbonyl (C=O) groups excluding carboxylic acids is 3. The third kappa shape index (κ3) is 32.1. The number of hydrogen-bond donors (Lipinski definition) is 2. The van der Waals surface area contributed by atoms with Crippen molar-refractivity contribution in [1.82, 2.24) is 0 Å². The highest BCUT2D eigenvalue weighted by Gasteiger charge is 2.22. The summed E-state index contributed by atoms with van der Waals surface area (Å²) in [6, 6.07) is 24.6. The molecule has 496 valence electrons. The molecule has 0 amide bonds. The number of aliphatic hydroxyl groups is 2. The maximum Gasteiger partial charge on any atom is 0.333 e. The fourth-order valence-corrected chi connectivity index (χ4v) is 9.73. The Morgan fingerprint density at radius 1 is 0.472 bits per heavy atom. The van der Waals surface area contributed by atoms with Gasteiger partial charge in [-0.15, -0.1) is 0 Å². The van der Waals surface area contributed by atoms with Gasteiger partial charge >= 0.3 is 11.9 Å². The SMILES string of the molecule is C.C=C(C)C(=O)Cl.C=C(C)C(=O)OCCc1cc(-c2ccc(OC3CCOC3)c(CCOC(=O)C(=C)C)c2)ccc1OCCCCCCCCCC.CC.CCCCCCCCCCOc1ccc(-c2ccc(OC3CCOC3)c(CCO)c2)cc1CCO. The van der Waals surface area contributed by atoms with Gasteiger partial charge in [-0.05, 0) is 151 Å². The number of carbonyl (C=O) groups is 3. The number of allylic oxidation sites excluding steroid dienone is 1. The lowest BCUT2D eigenvalue weighted by Crippen LogP contribution is -2.17. The van der Waals surface area contributed by atoms with Crippen LogP contribution in [-0.4, -0.2) is 106 Å². The zero-order chi connectivity index (χ0) is 64.3. The Kier molecular flexibility index (Phi) is 42.6. The minimum atomic E-state index is -0.463. The summed E-state index contributed by atoms with van der Waals surface area (Å²) in [5.41, 5.74) is 9.22. The lowest BCUT2D eigenvalue weighted by Gasteiger charge is -2.18. The number of rotatable bonds is 39. The topological polar surface area (TPSA) is 166 Å². The molecule has 2 saturated heterocycles. The van der Waals surface area contributed by atoms with Gasteiger partial charge in [-0.1, -0.05) is 169 Å². The third-order valence-corrected chi connectivity index (χ3v) is 15.1. The van der Waals surface area contributed by atoms with Crippen molar-refractivity contribution in [3.05, 3.63) is 132 Å². The molecule has 2 unspecified atom stereocenters. The number of unbranched alkanes of at least 4 members (excludes halogenated alkanes) is 14. The summed E-state index contributed by atoms with van der Waals surface area (Å²) in [5.74, 6) is 2.45. The zero-order valence-electron chi connectivity index (χ0n) is 54.6. The van der Waals surface area contributed by atoms with Crippen LogP contribution in [0.2, 0.25) is 0 Å². The molecule has 2 aliphatic heterocycles. The maximum absolute atomic E-state index is 12.0. The first-order valence-corrected chi connectivity index (χ1v) is 33.0. The Hall–Kier alpha value is -5.96. The Bertz CT molecular complexity index is 2660. The Morgan fingerprint density at radius 2 is 0.775 bits per heavy atom. The first kappa shape index (κ1) is 79.1. The molecule has 0 aromatic heterocycles. The summed E-state index contributed by atoms with van der Waals surface area (Å²) in [4.78, 5) is 33.8. The van der Waals surface area contributed by atoms with Gasteiger partial charge in [0, 0.05) is 55.6 Å². The average Bonchev–Trinajstić information content (AvgIpc) is 1.69. The van der Waals surface area contributed by atoms with Crippen molar-refractivity contribution in [1.29, 1.82) is 0 Å². The first-order valence-electron chi connectivity index (χ1n) is 32.7. The molecule has 0 saturated carbocycles. The predicted octanol–water partition coefficient (Wildman–Crippen LogP) is 17.5. The van der Waals surface area contributed by atoms with Gasteiger partial charge < -0.3 is 48.1 Å². The molecule has 2 fully saturated rings. The molecule has 2 aliphatic rings. The molecule has 2 N–H and O–H groups in total. The Balaban J connectivity index is 0.000000548. The van der Waals surface area contributed by atoms with Gasteiger partial charge in [0.2, 0.25) is 5.24 Å². The summed E-state index contributed by atoms with van der Waals surface area (Å²) in [6.07, 6.45) is 24.1. The lowest BCUT2D eigenvalue weighted by atomic mass is 9.98. The van der Waals surface area contributed by atoms with E-state index in [0.717, 1.165) is 106 Å². The number of hydrogen-bond acceptors (Lipinski definition) is 13. The summed E-state index contributed by atoms with van der Waals surface area (Å²) >= 11 is 4.87. The van der Waals surface area contributed by atoms with E-state index in [1.165, 1.54) is 83.5 Å². The number of ether oxygens (including phenoxy) is 8. The van der Waals surface area contributed by atoms with Crippen LogP contribution in [0.5, 0.6) is 23.0 Å². The van der Waals surface area contributed by atoms with Gasteiger partial charge in [0.1, 0.15) is 35.2 Å². The second-order valence-electron chi connectivity index (χ2n) is 22.5. The van der Waals surface area contributed by atoms with Crippen molar-refractivity contribution in [2.45, 2.75) is 209 Å². The second-order valence-corrected chi connectivity index (χ2v) is 22.8. The molecule has 89 heavy (non-hydrogen) atoms. The van der Waals surface area contributed by atoms with Crippen molar-refractivity contribution in [2.75, 3.05) is 66.1 Å². The normalized spacial score (nSPS) is 13.8. The van der Waals surface area contributed by atoms with Gasteiger partial charge in [0.05, 0.1) is 52.9 Å². The van der Waals surface area contributed by atoms with E-state index in [1.54, 1.807) is 20.8 Å². The molecule has 4 aromatic carbocycles. The molecule has 0 aliphatic carbocycles. The van der Waals surface area contributed by atoms with Gasteiger partial charge in [-0.3, -0.25) is 4.79 Å². The number of halogens is 1. The fourth-order valence-electron chi connectivity index (χ4n) is 9.73. The Morgan fingerprint density at radius 3 is 1.08 bits per heavy atom. The molecule has 13 nitrogen and oxygen atoms in total. The van der Waals surface area contributed by atoms with Crippen molar-refractivity contribution in [3.8, 4) is 45.3 Å². The van der Waals surface area contributed by atoms with Gasteiger partial charge in [-0.25, -0.2) is 9.59 Å². The summed E-state index contributed by atoms with van der Waals surface area (Å²) in [5, 5.41) is 18.7. The minimum Gasteiger partial charge on any atom is -0.493 e. The third-order valence-electron chi connectivity index (χ3n) is 14.8. The Labute approximate surface area is 540 Å². The maximum atomic E-state index is 12.0. The zero-order valence-corrected chi connectivity index (χ0v) is 55.4. The van der Waals surface area contributed by atoms with E-state index in [2.05, 4.69) is 76.0 Å². The molecule has 0 bridgehead atoms. The van der Waals surface area contributed by atoms with E-state index < -0.39 is 17.2 Å². The van der Waals surface area contributed by atoms with E-state index in [1.807, 2.05) is 44.2 Å². The fraction of sp³-hybridized carbons (Fsp3) is 0.560. The molecular formula is C75H111ClO13. The van der Waals surface area contributed by atoms with Crippen LogP contribution in [0.15, 0.2) is 109 Å². The van der Waals surface area contributed by atoms with Crippen molar-refractivity contribution >= 4 is 28.8 Å². The van der Waals surface area contributed by atoms with Crippen LogP contribution < -0.4 is 18.9 Å². The van der Waals surface area contributed by atoms with Gasteiger partial charge in [-0.2, -0.15) is 0 Å². The number of esters is 2. The van der Waals surface area contributed by atoms with E-state index >= 15 is 0 Å². The molecule has 0 spiro atoms. The quantitative estimate of drug-likeness (QED) is 0.0188. The minimum absolute atomic E-state index is 0. The van der Waals surface area contributed by atoms with Crippen molar-refractivity contribution in [2.24, 2.45) is 0 Å². The predicted molar refractivity (Wildman–Crippen MR) is 364 cm³/mol. The standard InChI is InChI=1S/C38H52O7.C30H44O5.C4H5ClO.C2H6.CH4/c1-6-7-8-9-10-11-12-13-21-42-35-16-14-30(25-32(35)18-23-43-37(39)28(2)3)31-15-17-36(45-34-20-22-41-27-34)33(26-31)19-24-44-38(40)29(4)5;1-2-3-4-5-6-7-8-9-19-34-29-12-10-24(21-26(29)14-17-31)25-11-13-30(27(22-25)15-18-32)35-28-16-20-33-23-28;1-3(2)4(5)6;1-2;/h14-17,25-26,34H,2,4,6-13,18-24,27H2,1,3,5H3;10-13,21-22,28,31-32H,2-9,14-20,23H2,1H3;1H2,2H3;1-2H3;1H4. The molecule has 4 aromatic rings. The molecule has 0 radical (unpaired) electrons. The van der Waals surface area contributed by atoms with Crippen LogP contribution in [0, 0.1) is 0 Å². The van der Waals surface area contributed by atoms with Gasteiger partial charge in [0.15, 0.2) is 0 Å². The van der Waals surface area contributed by atoms with E-state index in [-0.39, 0.29) is 46.1 Å². The van der Waals surface area contributed by atoms with E-state index in [4.69, 9.17) is 49.5 Å². The van der Waals surface area contributed by atoms with Crippen LogP contribution in [0.3, 0.4) is 0 Å². The highest BCUT2D eigenvalue weighted by Crippen LogP contribution is 2.34. The van der Waals surface area contributed by atoms with Crippen LogP contribution in [0.1, 0.15) is 194 Å². The van der Waals surface area contributed by atoms with Gasteiger partial charge in [0.25, 0.3) is 0 Å². The lowest BCUT2D eigenvalue weighted by molar-refractivity contribution is -0.139. The highest BCUT2D eigenvalue weighted by molar-refractivity contribution is 6.67. The van der Waals surface area contributed by atoms with E-state index in [9.17, 15) is 24.6 Å². The number of aliphatic hydroxyl groups excluding tert-OH is 2. The first-order chi connectivity index (χ1) is 42.7. The summed E-state index contributed by atoms with van der Waals surface area (Å²) < 4.78 is 46.5. The van der Waals surface area contributed by atoms with Crippen LogP contribution in [-0.2, 0) is 59.0 Å². The molecule has 14 heteroatoms. The van der Waals surface area contributed by atoms with E-state index in [0.29, 0.717) is 75.4 Å². The monoisotopic (exact) mass is 1250 g/mol. The van der Waals surface area contributed by atoms with Crippen LogP contribution in [0.4, 0.5) is 0 Å². The number of benzene rings is 4. The summed E-state index contributed by atoms with van der Waals surface area (Å²) in [7, 11) is 0. The summed E-state index contributed by atoms with van der Waals surface area (Å²) in [6.45, 7) is 28.5. The highest BCUT2D eigenvalue weighted by atomic mass is 35.5. The van der Waals surface area contributed by atoms with Crippen LogP contribution >= 0.6 is 11.6 Å².